The quantitative estimate of drug-likeness (QED) is 0.357. The van der Waals surface area contributed by atoms with E-state index < -0.39 is 40.8 Å². The number of nitrogens with zero attached hydrogens (tertiary/aromatic N) is 7. The lowest BCUT2D eigenvalue weighted by molar-refractivity contribution is -0.0576. The van der Waals surface area contributed by atoms with Gasteiger partial charge in [-0.1, -0.05) is 0 Å². The van der Waals surface area contributed by atoms with Crippen LogP contribution in [0.2, 0.25) is 0 Å². The molecule has 36 heavy (non-hydrogen) atoms. The number of rotatable bonds is 6. The molecule has 5 rings (SSSR count). The minimum atomic E-state index is -5.53. The van der Waals surface area contributed by atoms with E-state index in [1.807, 2.05) is 0 Å². The summed E-state index contributed by atoms with van der Waals surface area (Å²) >= 11 is 0. The summed E-state index contributed by atoms with van der Waals surface area (Å²) in [5.74, 6) is 0.376. The highest BCUT2D eigenvalue weighted by molar-refractivity contribution is 7.90. The fraction of sp³-hybridized carbons (Fsp3) is 0.333. The number of imidazole rings is 1. The Morgan fingerprint density at radius 1 is 1.14 bits per heavy atom. The second kappa shape index (κ2) is 8.23. The van der Waals surface area contributed by atoms with Crippen LogP contribution in [0.4, 0.5) is 17.6 Å². The van der Waals surface area contributed by atoms with Gasteiger partial charge < -0.3 is 4.57 Å². The van der Waals surface area contributed by atoms with E-state index in [1.165, 1.54) is 27.7 Å². The first-order chi connectivity index (χ1) is 16.9. The molecule has 10 nitrogen and oxygen atoms in total. The van der Waals surface area contributed by atoms with Crippen LogP contribution >= 0.6 is 0 Å². The van der Waals surface area contributed by atoms with Crippen molar-refractivity contribution in [1.29, 1.82) is 0 Å². The van der Waals surface area contributed by atoms with Crippen molar-refractivity contribution in [2.24, 2.45) is 7.05 Å². The third-order valence-electron chi connectivity index (χ3n) is 6.25. The highest BCUT2D eigenvalue weighted by Crippen LogP contribution is 2.39. The molecule has 0 atom stereocenters. The van der Waals surface area contributed by atoms with E-state index in [0.29, 0.717) is 28.3 Å². The molecule has 15 heteroatoms. The predicted molar refractivity (Wildman–Crippen MR) is 120 cm³/mol. The highest BCUT2D eigenvalue weighted by atomic mass is 32.2. The van der Waals surface area contributed by atoms with E-state index in [-0.39, 0.29) is 16.3 Å². The van der Waals surface area contributed by atoms with Crippen LogP contribution in [0.1, 0.15) is 6.42 Å². The molecule has 0 N–H and O–H groups in total. The van der Waals surface area contributed by atoms with Crippen LogP contribution in [-0.2, 0) is 22.6 Å². The minimum Gasteiger partial charge on any atom is -0.319 e. The smallest absolute Gasteiger partial charge is 0.319 e. The van der Waals surface area contributed by atoms with Crippen molar-refractivity contribution in [2.45, 2.75) is 17.5 Å². The number of hydrogen-bond donors (Lipinski definition) is 0. The molecule has 1 saturated heterocycles. The molecule has 0 aromatic carbocycles. The number of halogens is 4. The van der Waals surface area contributed by atoms with Crippen molar-refractivity contribution in [3.05, 3.63) is 59.5 Å². The van der Waals surface area contributed by atoms with Crippen molar-refractivity contribution in [3.8, 4) is 22.6 Å². The molecular formula is C21H19F4N7O3S. The lowest BCUT2D eigenvalue weighted by atomic mass is 9.89. The largest absolute Gasteiger partial charge is 0.511 e. The molecule has 4 aromatic rings. The van der Waals surface area contributed by atoms with E-state index >= 15 is 0 Å². The average molecular weight is 525 g/mol. The Morgan fingerprint density at radius 3 is 2.56 bits per heavy atom. The number of pyridine rings is 1. The topological polar surface area (TPSA) is 107 Å². The van der Waals surface area contributed by atoms with Crippen LogP contribution in [-0.4, -0.2) is 66.7 Å². The van der Waals surface area contributed by atoms with Gasteiger partial charge in [0, 0.05) is 69.0 Å². The van der Waals surface area contributed by atoms with Gasteiger partial charge in [0.2, 0.25) is 0 Å². The van der Waals surface area contributed by atoms with Crippen molar-refractivity contribution in [1.82, 2.24) is 33.0 Å². The van der Waals surface area contributed by atoms with Crippen LogP contribution in [0, 0.1) is 0 Å². The van der Waals surface area contributed by atoms with E-state index in [0.717, 1.165) is 0 Å². The van der Waals surface area contributed by atoms with Crippen LogP contribution in [0.3, 0.4) is 0 Å². The lowest BCUT2D eigenvalue weighted by Crippen LogP contribution is -2.66. The zero-order valence-corrected chi connectivity index (χ0v) is 19.5. The van der Waals surface area contributed by atoms with Gasteiger partial charge >= 0.3 is 15.5 Å². The maximum Gasteiger partial charge on any atom is 0.511 e. The first kappa shape index (κ1) is 24.1. The summed E-state index contributed by atoms with van der Waals surface area (Å²) in [4.78, 5) is 21.0. The number of alkyl halides is 4. The first-order valence-corrected chi connectivity index (χ1v) is 12.1. The molecule has 1 aliphatic heterocycles. The highest BCUT2D eigenvalue weighted by Gasteiger charge is 2.58. The Hall–Kier alpha value is -3.59. The number of aryl methyl sites for hydroxylation is 1. The molecule has 1 aliphatic rings. The summed E-state index contributed by atoms with van der Waals surface area (Å²) in [7, 11) is -3.91. The van der Waals surface area contributed by atoms with Crippen molar-refractivity contribution < 1.29 is 26.0 Å². The average Bonchev–Trinajstić information content (AvgIpc) is 3.46. The summed E-state index contributed by atoms with van der Waals surface area (Å²) in [6.45, 7) is -2.01. The molecule has 1 fully saturated rings. The van der Waals surface area contributed by atoms with E-state index in [9.17, 15) is 30.8 Å². The monoisotopic (exact) mass is 525 g/mol. The van der Waals surface area contributed by atoms with Crippen molar-refractivity contribution >= 4 is 15.7 Å². The zero-order chi connectivity index (χ0) is 25.9. The Balaban J connectivity index is 1.54. The summed E-state index contributed by atoms with van der Waals surface area (Å²) in [6.07, 6.45) is 7.49. The lowest BCUT2D eigenvalue weighted by Gasteiger charge is -2.48. The maximum absolute atomic E-state index is 13.4. The maximum atomic E-state index is 13.4. The molecule has 0 bridgehead atoms. The molecule has 0 aliphatic carbocycles. The van der Waals surface area contributed by atoms with Gasteiger partial charge in [0.1, 0.15) is 11.5 Å². The molecule has 5 heterocycles. The predicted octanol–water partition coefficient (Wildman–Crippen LogP) is 2.18. The Bertz CT molecular complexity index is 1620. The number of fused-ring (bicyclic) bond motifs is 1. The van der Waals surface area contributed by atoms with Gasteiger partial charge in [-0.05, 0) is 6.07 Å². The van der Waals surface area contributed by atoms with Crippen molar-refractivity contribution in [2.75, 3.05) is 19.8 Å². The first-order valence-electron chi connectivity index (χ1n) is 10.6. The van der Waals surface area contributed by atoms with Gasteiger partial charge in [-0.2, -0.15) is 22.6 Å². The fourth-order valence-electron chi connectivity index (χ4n) is 4.20. The molecule has 0 unspecified atom stereocenters. The Morgan fingerprint density at radius 2 is 1.89 bits per heavy atom. The van der Waals surface area contributed by atoms with E-state index in [2.05, 4.69) is 15.1 Å². The van der Waals surface area contributed by atoms with Gasteiger partial charge in [-0.25, -0.2) is 18.4 Å². The van der Waals surface area contributed by atoms with Gasteiger partial charge in [-0.15, -0.1) is 0 Å². The molecule has 190 valence electrons. The van der Waals surface area contributed by atoms with Crippen LogP contribution in [0.15, 0.2) is 54.0 Å². The van der Waals surface area contributed by atoms with E-state index in [1.54, 1.807) is 42.2 Å². The normalized spacial score (nSPS) is 16.4. The number of sulfonamides is 1. The molecule has 4 aromatic heterocycles. The van der Waals surface area contributed by atoms with Crippen LogP contribution in [0.5, 0.6) is 0 Å². The second-order valence-corrected chi connectivity index (χ2v) is 10.5. The third-order valence-corrected chi connectivity index (χ3v) is 7.77. The summed E-state index contributed by atoms with van der Waals surface area (Å²) in [5, 5.41) is 4.22. The Labute approximate surface area is 201 Å². The standard InChI is InChI=1S/C21H19F4N7O3S/c1-29-6-2-14(8-18(29)33)16-9-17-26-5-7-31(17)19(28-16)15-10-27-32(11-15)20(3-4-22)12-30(13-20)36(34,35)21(23,24)25/h2,5-11H,3-4,12-13H2,1H3. The fourth-order valence-corrected chi connectivity index (χ4v) is 5.31. The molecule has 0 saturated carbocycles. The number of aromatic nitrogens is 6. The number of hydrogen-bond acceptors (Lipinski definition) is 6. The van der Waals surface area contributed by atoms with Crippen molar-refractivity contribution in [3.63, 3.8) is 0 Å². The molecular weight excluding hydrogens is 506 g/mol. The summed E-state index contributed by atoms with van der Waals surface area (Å²) < 4.78 is 80.4. The minimum absolute atomic E-state index is 0.223. The molecule has 0 amide bonds. The molecule has 0 radical (unpaired) electrons. The van der Waals surface area contributed by atoms with E-state index in [4.69, 9.17) is 0 Å². The molecule has 0 spiro atoms. The van der Waals surface area contributed by atoms with Crippen LogP contribution in [0.25, 0.3) is 28.3 Å². The summed E-state index contributed by atoms with van der Waals surface area (Å²) in [5.41, 5.74) is -4.98. The SMILES string of the molecule is Cn1ccc(-c2cc3nccn3c(-c3cnn(C4(CCF)CN(S(=O)(=O)C(F)(F)F)C4)c3)n2)cc1=O. The second-order valence-electron chi connectivity index (χ2n) is 8.54. The van der Waals surface area contributed by atoms with Gasteiger partial charge in [0.05, 0.1) is 29.7 Å². The van der Waals surface area contributed by atoms with Crippen LogP contribution < -0.4 is 5.56 Å². The Kier molecular flexibility index (Phi) is 5.51. The van der Waals surface area contributed by atoms with Gasteiger partial charge in [0.15, 0.2) is 0 Å². The zero-order valence-electron chi connectivity index (χ0n) is 18.7. The van der Waals surface area contributed by atoms with Gasteiger partial charge in [-0.3, -0.25) is 18.3 Å². The third kappa shape index (κ3) is 3.78. The summed E-state index contributed by atoms with van der Waals surface area (Å²) in [6, 6.07) is 4.84. The van der Waals surface area contributed by atoms with Gasteiger partial charge in [0.25, 0.3) is 5.56 Å².